The molecular weight excluding hydrogens is 234 g/mol. The zero-order valence-corrected chi connectivity index (χ0v) is 10.5. The number of aryl methyl sites for hydroxylation is 2. The van der Waals surface area contributed by atoms with E-state index < -0.39 is 5.97 Å². The molecule has 0 unspecified atom stereocenters. The molecular formula is C13H13NO2S. The van der Waals surface area contributed by atoms with Crippen LogP contribution in [0.25, 0.3) is 10.6 Å². The van der Waals surface area contributed by atoms with Crippen LogP contribution in [0, 0.1) is 13.8 Å². The first-order chi connectivity index (χ1) is 8.06. The van der Waals surface area contributed by atoms with Crippen LogP contribution in [-0.2, 0) is 11.2 Å². The van der Waals surface area contributed by atoms with E-state index in [1.165, 1.54) is 4.88 Å². The number of carboxylic acids is 1. The number of carbonyl (C=O) groups is 1. The monoisotopic (exact) mass is 247 g/mol. The third-order valence-electron chi connectivity index (χ3n) is 2.58. The minimum absolute atomic E-state index is 0.0657. The molecule has 1 heterocycles. The minimum atomic E-state index is -0.807. The molecule has 0 radical (unpaired) electrons. The number of aromatic nitrogens is 1. The van der Waals surface area contributed by atoms with Crippen LogP contribution >= 0.6 is 11.3 Å². The SMILES string of the molecule is Cc1nc(-c2ccc(CC(=O)O)cc2)sc1C. The zero-order valence-electron chi connectivity index (χ0n) is 9.73. The van der Waals surface area contributed by atoms with Gasteiger partial charge in [0.05, 0.1) is 12.1 Å². The Morgan fingerprint density at radius 1 is 1.29 bits per heavy atom. The van der Waals surface area contributed by atoms with Crippen LogP contribution in [-0.4, -0.2) is 16.1 Å². The van der Waals surface area contributed by atoms with Crippen molar-refractivity contribution < 1.29 is 9.90 Å². The highest BCUT2D eigenvalue weighted by Crippen LogP contribution is 2.27. The lowest BCUT2D eigenvalue weighted by Gasteiger charge is -1.99. The van der Waals surface area contributed by atoms with Gasteiger partial charge in [-0.1, -0.05) is 24.3 Å². The van der Waals surface area contributed by atoms with Crippen molar-refractivity contribution in [2.75, 3.05) is 0 Å². The maximum atomic E-state index is 10.6. The van der Waals surface area contributed by atoms with Gasteiger partial charge in [0, 0.05) is 10.4 Å². The predicted molar refractivity (Wildman–Crippen MR) is 68.4 cm³/mol. The molecule has 0 fully saturated rings. The summed E-state index contributed by atoms with van der Waals surface area (Å²) in [6, 6.07) is 7.54. The van der Waals surface area contributed by atoms with E-state index in [2.05, 4.69) is 11.9 Å². The third-order valence-corrected chi connectivity index (χ3v) is 3.71. The molecule has 2 aromatic rings. The number of hydrogen-bond acceptors (Lipinski definition) is 3. The van der Waals surface area contributed by atoms with Crippen molar-refractivity contribution in [2.24, 2.45) is 0 Å². The molecule has 3 nitrogen and oxygen atoms in total. The molecule has 1 aromatic carbocycles. The van der Waals surface area contributed by atoms with Crippen LogP contribution in [0.15, 0.2) is 24.3 Å². The van der Waals surface area contributed by atoms with Crippen molar-refractivity contribution in [1.82, 2.24) is 4.98 Å². The molecule has 88 valence electrons. The number of carboxylic acid groups (broad SMARTS) is 1. The minimum Gasteiger partial charge on any atom is -0.481 e. The quantitative estimate of drug-likeness (QED) is 0.906. The fraction of sp³-hybridized carbons (Fsp3) is 0.231. The van der Waals surface area contributed by atoms with Gasteiger partial charge in [0.25, 0.3) is 0 Å². The Kier molecular flexibility index (Phi) is 3.24. The molecule has 4 heteroatoms. The largest absolute Gasteiger partial charge is 0.481 e. The van der Waals surface area contributed by atoms with Crippen LogP contribution in [0.1, 0.15) is 16.1 Å². The fourth-order valence-corrected chi connectivity index (χ4v) is 2.46. The summed E-state index contributed by atoms with van der Waals surface area (Å²) in [7, 11) is 0. The van der Waals surface area contributed by atoms with Gasteiger partial charge >= 0.3 is 5.97 Å². The molecule has 0 aliphatic heterocycles. The Morgan fingerprint density at radius 3 is 2.41 bits per heavy atom. The van der Waals surface area contributed by atoms with Gasteiger partial charge in [-0.3, -0.25) is 4.79 Å². The van der Waals surface area contributed by atoms with Crippen molar-refractivity contribution in [2.45, 2.75) is 20.3 Å². The van der Waals surface area contributed by atoms with Crippen LogP contribution < -0.4 is 0 Å². The summed E-state index contributed by atoms with van der Waals surface area (Å²) in [5.41, 5.74) is 2.91. The molecule has 2 rings (SSSR count). The Balaban J connectivity index is 2.26. The van der Waals surface area contributed by atoms with Crippen molar-refractivity contribution in [3.63, 3.8) is 0 Å². The summed E-state index contributed by atoms with van der Waals surface area (Å²) in [5.74, 6) is -0.807. The molecule has 0 bridgehead atoms. The van der Waals surface area contributed by atoms with Crippen LogP contribution in [0.5, 0.6) is 0 Å². The average molecular weight is 247 g/mol. The van der Waals surface area contributed by atoms with Gasteiger partial charge in [0.15, 0.2) is 0 Å². The van der Waals surface area contributed by atoms with Gasteiger partial charge in [0.1, 0.15) is 5.01 Å². The topological polar surface area (TPSA) is 50.2 Å². The lowest BCUT2D eigenvalue weighted by molar-refractivity contribution is -0.136. The second kappa shape index (κ2) is 4.67. The molecule has 0 amide bonds. The first kappa shape index (κ1) is 11.8. The normalized spacial score (nSPS) is 10.5. The zero-order chi connectivity index (χ0) is 12.4. The number of benzene rings is 1. The fourth-order valence-electron chi connectivity index (χ4n) is 1.54. The van der Waals surface area contributed by atoms with E-state index in [9.17, 15) is 4.79 Å². The number of thiazole rings is 1. The molecule has 0 spiro atoms. The summed E-state index contributed by atoms with van der Waals surface area (Å²) in [6.07, 6.45) is 0.0657. The van der Waals surface area contributed by atoms with Gasteiger partial charge in [-0.25, -0.2) is 4.98 Å². The molecule has 0 saturated carbocycles. The maximum absolute atomic E-state index is 10.6. The second-order valence-electron chi connectivity index (χ2n) is 3.93. The number of hydrogen-bond donors (Lipinski definition) is 1. The second-order valence-corrected chi connectivity index (χ2v) is 5.13. The Bertz CT molecular complexity index is 524. The van der Waals surface area contributed by atoms with Crippen molar-refractivity contribution in [3.05, 3.63) is 40.4 Å². The number of nitrogens with zero attached hydrogens (tertiary/aromatic N) is 1. The van der Waals surface area contributed by atoms with Gasteiger partial charge in [-0.05, 0) is 19.4 Å². The van der Waals surface area contributed by atoms with Crippen molar-refractivity contribution in [3.8, 4) is 10.6 Å². The smallest absolute Gasteiger partial charge is 0.307 e. The molecule has 1 N–H and O–H groups in total. The highest BCUT2D eigenvalue weighted by Gasteiger charge is 2.06. The summed E-state index contributed by atoms with van der Waals surface area (Å²) < 4.78 is 0. The van der Waals surface area contributed by atoms with Crippen LogP contribution in [0.3, 0.4) is 0 Å². The van der Waals surface area contributed by atoms with E-state index in [0.29, 0.717) is 0 Å². The maximum Gasteiger partial charge on any atom is 0.307 e. The summed E-state index contributed by atoms with van der Waals surface area (Å²) in [6.45, 7) is 4.05. The number of rotatable bonds is 3. The molecule has 1 aromatic heterocycles. The number of aliphatic carboxylic acids is 1. The molecule has 0 saturated heterocycles. The van der Waals surface area contributed by atoms with E-state index >= 15 is 0 Å². The highest BCUT2D eigenvalue weighted by atomic mass is 32.1. The summed E-state index contributed by atoms with van der Waals surface area (Å²) >= 11 is 1.66. The summed E-state index contributed by atoms with van der Waals surface area (Å²) in [5, 5.41) is 9.67. The van der Waals surface area contributed by atoms with Gasteiger partial charge in [-0.15, -0.1) is 11.3 Å². The Labute approximate surface area is 104 Å². The molecule has 0 aliphatic carbocycles. The molecule has 17 heavy (non-hydrogen) atoms. The first-order valence-electron chi connectivity index (χ1n) is 5.31. The lowest BCUT2D eigenvalue weighted by Crippen LogP contribution is -1.99. The Morgan fingerprint density at radius 2 is 1.94 bits per heavy atom. The van der Waals surface area contributed by atoms with E-state index in [1.807, 2.05) is 31.2 Å². The van der Waals surface area contributed by atoms with Gasteiger partial charge in [-0.2, -0.15) is 0 Å². The van der Waals surface area contributed by atoms with E-state index in [-0.39, 0.29) is 6.42 Å². The van der Waals surface area contributed by atoms with Gasteiger partial charge < -0.3 is 5.11 Å². The van der Waals surface area contributed by atoms with E-state index in [4.69, 9.17) is 5.11 Å². The molecule has 0 aliphatic rings. The third kappa shape index (κ3) is 2.71. The van der Waals surface area contributed by atoms with Crippen LogP contribution in [0.2, 0.25) is 0 Å². The van der Waals surface area contributed by atoms with E-state index in [0.717, 1.165) is 21.8 Å². The van der Waals surface area contributed by atoms with Crippen LogP contribution in [0.4, 0.5) is 0 Å². The summed E-state index contributed by atoms with van der Waals surface area (Å²) in [4.78, 5) is 16.3. The Hall–Kier alpha value is -1.68. The molecule has 0 atom stereocenters. The average Bonchev–Trinajstić information content (AvgIpc) is 2.59. The van der Waals surface area contributed by atoms with Gasteiger partial charge in [0.2, 0.25) is 0 Å². The van der Waals surface area contributed by atoms with E-state index in [1.54, 1.807) is 11.3 Å². The standard InChI is InChI=1S/C13H13NO2S/c1-8-9(2)17-13(14-8)11-5-3-10(4-6-11)7-12(15)16/h3-6H,7H2,1-2H3,(H,15,16). The predicted octanol–water partition coefficient (Wildman–Crippen LogP) is 3.05. The van der Waals surface area contributed by atoms with Crippen molar-refractivity contribution >= 4 is 17.3 Å². The highest BCUT2D eigenvalue weighted by molar-refractivity contribution is 7.15. The lowest BCUT2D eigenvalue weighted by atomic mass is 10.1. The van der Waals surface area contributed by atoms with Crippen molar-refractivity contribution in [1.29, 1.82) is 0 Å². The first-order valence-corrected chi connectivity index (χ1v) is 6.13.